The zero-order valence-electron chi connectivity index (χ0n) is 14.5. The molecule has 0 heterocycles. The van der Waals surface area contributed by atoms with Crippen LogP contribution in [-0.4, -0.2) is 24.5 Å². The van der Waals surface area contributed by atoms with Crippen molar-refractivity contribution in [3.63, 3.8) is 0 Å². The quantitative estimate of drug-likeness (QED) is 0.771. The number of amides is 1. The van der Waals surface area contributed by atoms with E-state index in [1.54, 1.807) is 0 Å². The van der Waals surface area contributed by atoms with Crippen LogP contribution in [0.5, 0.6) is 0 Å². The summed E-state index contributed by atoms with van der Waals surface area (Å²) >= 11 is 3.42. The van der Waals surface area contributed by atoms with Crippen molar-refractivity contribution in [1.82, 2.24) is 5.32 Å². The van der Waals surface area contributed by atoms with Crippen molar-refractivity contribution in [3.8, 4) is 0 Å². The van der Waals surface area contributed by atoms with Crippen molar-refractivity contribution in [2.24, 2.45) is 23.2 Å². The van der Waals surface area contributed by atoms with Crippen LogP contribution < -0.4 is 5.32 Å². The lowest BCUT2D eigenvalue weighted by atomic mass is 9.48. The fourth-order valence-corrected chi connectivity index (χ4v) is 6.06. The van der Waals surface area contributed by atoms with E-state index in [9.17, 15) is 9.59 Å². The van der Waals surface area contributed by atoms with Gasteiger partial charge < -0.3 is 10.1 Å². The Morgan fingerprint density at radius 2 is 1.96 bits per heavy atom. The minimum atomic E-state index is -0.288. The van der Waals surface area contributed by atoms with E-state index in [1.165, 1.54) is 0 Å². The second kappa shape index (κ2) is 6.42. The first-order chi connectivity index (χ1) is 12.0. The molecule has 1 aromatic rings. The second-order valence-corrected chi connectivity index (χ2v) is 8.90. The van der Waals surface area contributed by atoms with E-state index in [0.717, 1.165) is 36.6 Å². The lowest BCUT2D eigenvalue weighted by Crippen LogP contribution is -2.61. The molecule has 0 aromatic heterocycles. The molecule has 1 aromatic carbocycles. The van der Waals surface area contributed by atoms with E-state index >= 15 is 0 Å². The zero-order valence-corrected chi connectivity index (χ0v) is 16.1. The van der Waals surface area contributed by atoms with Gasteiger partial charge in [0.05, 0.1) is 12.0 Å². The summed E-state index contributed by atoms with van der Waals surface area (Å²) in [5.74, 6) is 1.38. The predicted octanol–water partition coefficient (Wildman–Crippen LogP) is 3.94. The topological polar surface area (TPSA) is 55.4 Å². The van der Waals surface area contributed by atoms with Gasteiger partial charge in [0.25, 0.3) is 5.91 Å². The van der Waals surface area contributed by atoms with Crippen LogP contribution in [0.25, 0.3) is 0 Å². The Hall–Kier alpha value is -1.36. The predicted molar refractivity (Wildman–Crippen MR) is 98.0 cm³/mol. The van der Waals surface area contributed by atoms with Crippen molar-refractivity contribution < 1.29 is 14.3 Å². The summed E-state index contributed by atoms with van der Waals surface area (Å²) in [6, 6.07) is 7.68. The number of hydrogen-bond donors (Lipinski definition) is 1. The van der Waals surface area contributed by atoms with Gasteiger partial charge in [-0.1, -0.05) is 22.0 Å². The van der Waals surface area contributed by atoms with Gasteiger partial charge in [0.1, 0.15) is 0 Å². The van der Waals surface area contributed by atoms with Crippen LogP contribution in [0.1, 0.15) is 49.4 Å². The number of hydrogen-bond acceptors (Lipinski definition) is 3. The summed E-state index contributed by atoms with van der Waals surface area (Å²) in [4.78, 5) is 25.3. The first kappa shape index (κ1) is 17.1. The molecular formula is C20H24BrNO3. The van der Waals surface area contributed by atoms with Gasteiger partial charge in [0.2, 0.25) is 0 Å². The standard InChI is InChI=1S/C20H24BrNO3/c1-2-25-19(24)20-9-12-6-14(10-20)17(15(7-12)11-20)22-18(23)13-4-3-5-16(21)8-13/h3-5,8,12,14-15,17H,2,6-7,9-11H2,1H3,(H,22,23)/t12?,14-,15+,17?,20?. The third-order valence-electron chi connectivity index (χ3n) is 6.37. The van der Waals surface area contributed by atoms with Crippen LogP contribution in [0.2, 0.25) is 0 Å². The van der Waals surface area contributed by atoms with Gasteiger partial charge in [-0.15, -0.1) is 0 Å². The third kappa shape index (κ3) is 3.01. The molecule has 4 bridgehead atoms. The highest BCUT2D eigenvalue weighted by molar-refractivity contribution is 9.10. The molecule has 5 rings (SSSR count). The molecule has 4 nitrogen and oxygen atoms in total. The normalized spacial score (nSPS) is 35.4. The molecule has 4 saturated carbocycles. The molecule has 0 spiro atoms. The smallest absolute Gasteiger partial charge is 0.312 e. The van der Waals surface area contributed by atoms with Crippen molar-refractivity contribution >= 4 is 27.8 Å². The van der Waals surface area contributed by atoms with Crippen LogP contribution >= 0.6 is 15.9 Å². The summed E-state index contributed by atoms with van der Waals surface area (Å²) < 4.78 is 6.30. The molecule has 1 N–H and O–H groups in total. The highest BCUT2D eigenvalue weighted by Crippen LogP contribution is 2.60. The molecule has 5 atom stereocenters. The minimum absolute atomic E-state index is 0.00818. The Bertz CT molecular complexity index is 688. The number of halogens is 1. The number of carbonyl (C=O) groups excluding carboxylic acids is 2. The van der Waals surface area contributed by atoms with Gasteiger partial charge in [0, 0.05) is 16.1 Å². The lowest BCUT2D eigenvalue weighted by molar-refractivity contribution is -0.173. The highest BCUT2D eigenvalue weighted by Gasteiger charge is 2.59. The summed E-state index contributed by atoms with van der Waals surface area (Å²) in [5, 5.41) is 3.28. The van der Waals surface area contributed by atoms with E-state index in [0.29, 0.717) is 29.9 Å². The Morgan fingerprint density at radius 3 is 2.60 bits per heavy atom. The Morgan fingerprint density at radius 1 is 1.24 bits per heavy atom. The molecule has 4 aliphatic carbocycles. The van der Waals surface area contributed by atoms with E-state index in [4.69, 9.17) is 4.74 Å². The van der Waals surface area contributed by atoms with E-state index in [1.807, 2.05) is 31.2 Å². The number of nitrogens with one attached hydrogen (secondary N) is 1. The van der Waals surface area contributed by atoms with Gasteiger partial charge >= 0.3 is 5.97 Å². The molecule has 3 unspecified atom stereocenters. The monoisotopic (exact) mass is 405 g/mol. The maximum atomic E-state index is 12.7. The molecule has 4 aliphatic rings. The van der Waals surface area contributed by atoms with Crippen molar-refractivity contribution in [2.75, 3.05) is 6.61 Å². The second-order valence-electron chi connectivity index (χ2n) is 7.98. The number of benzene rings is 1. The number of carbonyl (C=O) groups is 2. The maximum absolute atomic E-state index is 12.7. The van der Waals surface area contributed by atoms with Crippen LogP contribution in [0.3, 0.4) is 0 Å². The Balaban J connectivity index is 1.51. The van der Waals surface area contributed by atoms with Gasteiger partial charge in [-0.2, -0.15) is 0 Å². The van der Waals surface area contributed by atoms with Crippen LogP contribution in [0.4, 0.5) is 0 Å². The highest BCUT2D eigenvalue weighted by atomic mass is 79.9. The van der Waals surface area contributed by atoms with Gasteiger partial charge in [0.15, 0.2) is 0 Å². The molecule has 4 fully saturated rings. The Kier molecular flexibility index (Phi) is 4.38. The first-order valence-corrected chi connectivity index (χ1v) is 10.0. The maximum Gasteiger partial charge on any atom is 0.312 e. The molecule has 5 heteroatoms. The molecule has 25 heavy (non-hydrogen) atoms. The Labute approximate surface area is 156 Å². The van der Waals surface area contributed by atoms with Gasteiger partial charge in [-0.05, 0) is 75.0 Å². The average molecular weight is 406 g/mol. The lowest BCUT2D eigenvalue weighted by Gasteiger charge is -2.58. The molecule has 0 radical (unpaired) electrons. The number of esters is 1. The van der Waals surface area contributed by atoms with Crippen LogP contribution in [0, 0.1) is 23.2 Å². The van der Waals surface area contributed by atoms with Gasteiger partial charge in [-0.3, -0.25) is 9.59 Å². The fraction of sp³-hybridized carbons (Fsp3) is 0.600. The number of rotatable bonds is 4. The summed E-state index contributed by atoms with van der Waals surface area (Å²) in [6.45, 7) is 2.32. The molecule has 0 aliphatic heterocycles. The molecule has 134 valence electrons. The first-order valence-electron chi connectivity index (χ1n) is 9.24. The number of ether oxygens (including phenoxy) is 1. The van der Waals surface area contributed by atoms with Crippen molar-refractivity contribution in [1.29, 1.82) is 0 Å². The van der Waals surface area contributed by atoms with Crippen molar-refractivity contribution in [2.45, 2.75) is 45.1 Å². The summed E-state index contributed by atoms with van der Waals surface area (Å²) in [6.07, 6.45) is 4.96. The minimum Gasteiger partial charge on any atom is -0.466 e. The summed E-state index contributed by atoms with van der Waals surface area (Å²) in [5.41, 5.74) is 0.395. The van der Waals surface area contributed by atoms with Crippen LogP contribution in [-0.2, 0) is 9.53 Å². The van der Waals surface area contributed by atoms with Gasteiger partial charge in [-0.25, -0.2) is 0 Å². The zero-order chi connectivity index (χ0) is 17.6. The fourth-order valence-electron chi connectivity index (χ4n) is 5.66. The van der Waals surface area contributed by atoms with E-state index in [-0.39, 0.29) is 23.3 Å². The van der Waals surface area contributed by atoms with E-state index < -0.39 is 0 Å². The molecule has 0 saturated heterocycles. The largest absolute Gasteiger partial charge is 0.466 e. The SMILES string of the molecule is CCOC(=O)C12CC3C[C@H](C1)C(NC(=O)c1cccc(Br)c1)[C@@H](C3)C2. The van der Waals surface area contributed by atoms with E-state index in [2.05, 4.69) is 21.2 Å². The van der Waals surface area contributed by atoms with Crippen molar-refractivity contribution in [3.05, 3.63) is 34.3 Å². The summed E-state index contributed by atoms with van der Waals surface area (Å²) in [7, 11) is 0. The molecular weight excluding hydrogens is 382 g/mol. The molecule has 1 amide bonds. The third-order valence-corrected chi connectivity index (χ3v) is 6.86. The average Bonchev–Trinajstić information content (AvgIpc) is 2.57. The van der Waals surface area contributed by atoms with Crippen LogP contribution in [0.15, 0.2) is 28.7 Å².